The maximum Gasteiger partial charge on any atom is 0.185 e. The van der Waals surface area contributed by atoms with Gasteiger partial charge in [-0.05, 0) is 38.6 Å². The van der Waals surface area contributed by atoms with Crippen LogP contribution in [0.3, 0.4) is 0 Å². The highest BCUT2D eigenvalue weighted by atomic mass is 32.1. The average Bonchev–Trinajstić information content (AvgIpc) is 2.80. The van der Waals surface area contributed by atoms with Gasteiger partial charge in [0.25, 0.3) is 0 Å². The first-order chi connectivity index (χ1) is 9.50. The number of fused-ring (bicyclic) bond motifs is 1. The number of thiazole rings is 1. The molecule has 1 aliphatic rings. The molecule has 0 saturated carbocycles. The van der Waals surface area contributed by atoms with Crippen molar-refractivity contribution in [1.29, 1.82) is 0 Å². The van der Waals surface area contributed by atoms with Crippen LogP contribution in [0.2, 0.25) is 0 Å². The zero-order chi connectivity index (χ0) is 14.8. The lowest BCUT2D eigenvalue weighted by atomic mass is 9.76. The van der Waals surface area contributed by atoms with Gasteiger partial charge in [0.1, 0.15) is 0 Å². The van der Waals surface area contributed by atoms with Gasteiger partial charge in [-0.15, -0.1) is 0 Å². The summed E-state index contributed by atoms with van der Waals surface area (Å²) in [4.78, 5) is 8.88. The molecule has 114 valence electrons. The molecule has 20 heavy (non-hydrogen) atoms. The van der Waals surface area contributed by atoms with E-state index in [4.69, 9.17) is 4.98 Å². The molecule has 1 aromatic rings. The molecule has 0 aliphatic heterocycles. The monoisotopic (exact) mass is 295 g/mol. The Bertz CT molecular complexity index is 439. The van der Waals surface area contributed by atoms with Gasteiger partial charge in [0.05, 0.1) is 5.69 Å². The van der Waals surface area contributed by atoms with Crippen molar-refractivity contribution in [2.24, 2.45) is 5.41 Å². The molecule has 4 heteroatoms. The van der Waals surface area contributed by atoms with E-state index in [-0.39, 0.29) is 0 Å². The van der Waals surface area contributed by atoms with Crippen LogP contribution in [-0.4, -0.2) is 25.1 Å². The van der Waals surface area contributed by atoms with E-state index in [0.29, 0.717) is 11.5 Å². The first kappa shape index (κ1) is 15.8. The van der Waals surface area contributed by atoms with Gasteiger partial charge in [0, 0.05) is 24.0 Å². The minimum atomic E-state index is 0.354. The minimum absolute atomic E-state index is 0.354. The van der Waals surface area contributed by atoms with Gasteiger partial charge >= 0.3 is 0 Å². The molecular weight excluding hydrogens is 266 g/mol. The predicted octanol–water partition coefficient (Wildman–Crippen LogP) is 4.00. The van der Waals surface area contributed by atoms with Gasteiger partial charge in [-0.2, -0.15) is 0 Å². The lowest BCUT2D eigenvalue weighted by molar-refractivity contribution is 0.265. The number of nitrogens with zero attached hydrogens (tertiary/aromatic N) is 2. The van der Waals surface area contributed by atoms with E-state index in [0.717, 1.165) is 19.5 Å². The lowest BCUT2D eigenvalue weighted by Crippen LogP contribution is -2.30. The van der Waals surface area contributed by atoms with E-state index in [1.165, 1.54) is 35.0 Å². The van der Waals surface area contributed by atoms with Gasteiger partial charge in [-0.1, -0.05) is 38.5 Å². The van der Waals surface area contributed by atoms with Crippen LogP contribution in [0.15, 0.2) is 0 Å². The van der Waals surface area contributed by atoms with E-state index >= 15 is 0 Å². The van der Waals surface area contributed by atoms with Crippen LogP contribution in [0.4, 0.5) is 5.13 Å². The summed E-state index contributed by atoms with van der Waals surface area (Å²) in [5, 5.41) is 4.71. The second kappa shape index (κ2) is 6.44. The second-order valence-corrected chi connectivity index (χ2v) is 7.64. The predicted molar refractivity (Wildman–Crippen MR) is 88.8 cm³/mol. The maximum atomic E-state index is 4.97. The van der Waals surface area contributed by atoms with Crippen molar-refractivity contribution in [3.05, 3.63) is 10.6 Å². The number of hydrogen-bond acceptors (Lipinski definition) is 4. The van der Waals surface area contributed by atoms with Crippen LogP contribution in [0, 0.1) is 5.41 Å². The van der Waals surface area contributed by atoms with Crippen molar-refractivity contribution in [2.45, 2.75) is 59.4 Å². The Morgan fingerprint density at radius 1 is 1.40 bits per heavy atom. The Labute approximate surface area is 127 Å². The molecule has 0 radical (unpaired) electrons. The molecule has 2 rings (SSSR count). The molecule has 1 atom stereocenters. The average molecular weight is 295 g/mol. The van der Waals surface area contributed by atoms with Gasteiger partial charge in [0.15, 0.2) is 5.13 Å². The summed E-state index contributed by atoms with van der Waals surface area (Å²) in [6.45, 7) is 11.4. The summed E-state index contributed by atoms with van der Waals surface area (Å²) < 4.78 is 0. The topological polar surface area (TPSA) is 28.2 Å². The van der Waals surface area contributed by atoms with Crippen LogP contribution in [0.5, 0.6) is 0 Å². The number of unbranched alkanes of at least 4 members (excludes halogenated alkanes) is 1. The van der Waals surface area contributed by atoms with Crippen LogP contribution < -0.4 is 10.2 Å². The molecule has 0 bridgehead atoms. The summed E-state index contributed by atoms with van der Waals surface area (Å²) in [5.41, 5.74) is 1.68. The Hall–Kier alpha value is -0.610. The summed E-state index contributed by atoms with van der Waals surface area (Å²) in [6.07, 6.45) is 4.81. The standard InChI is InChI=1S/C16H29N3S/c1-6-8-9-19(7-2)15-18-13-11-16(3,4)10-12(17-5)14(13)20-15/h12,17H,6-11H2,1-5H3. The summed E-state index contributed by atoms with van der Waals surface area (Å²) in [6, 6.07) is 0.477. The highest BCUT2D eigenvalue weighted by molar-refractivity contribution is 7.15. The SMILES string of the molecule is CCCCN(CC)c1nc2c(s1)C(NC)CC(C)(C)C2. The third kappa shape index (κ3) is 3.34. The molecule has 0 aromatic carbocycles. The molecule has 0 amide bonds. The molecule has 1 aromatic heterocycles. The Balaban J connectivity index is 2.25. The van der Waals surface area contributed by atoms with E-state index in [1.807, 2.05) is 11.3 Å². The summed E-state index contributed by atoms with van der Waals surface area (Å²) in [7, 11) is 2.07. The number of hydrogen-bond donors (Lipinski definition) is 1. The van der Waals surface area contributed by atoms with Gasteiger partial charge < -0.3 is 10.2 Å². The van der Waals surface area contributed by atoms with Gasteiger partial charge in [0.2, 0.25) is 0 Å². The zero-order valence-electron chi connectivity index (χ0n) is 13.6. The van der Waals surface area contributed by atoms with E-state index < -0.39 is 0 Å². The van der Waals surface area contributed by atoms with Crippen molar-refractivity contribution < 1.29 is 0 Å². The second-order valence-electron chi connectivity index (χ2n) is 6.63. The summed E-state index contributed by atoms with van der Waals surface area (Å²) in [5.74, 6) is 0. The Kier molecular flexibility index (Phi) is 5.08. The molecular formula is C16H29N3S. The highest BCUT2D eigenvalue weighted by Crippen LogP contribution is 2.44. The van der Waals surface area contributed by atoms with Crippen LogP contribution in [-0.2, 0) is 6.42 Å². The number of nitrogens with one attached hydrogen (secondary N) is 1. The third-order valence-electron chi connectivity index (χ3n) is 4.22. The Morgan fingerprint density at radius 3 is 2.75 bits per heavy atom. The van der Waals surface area contributed by atoms with Crippen molar-refractivity contribution in [3.8, 4) is 0 Å². The van der Waals surface area contributed by atoms with Crippen molar-refractivity contribution in [1.82, 2.24) is 10.3 Å². The van der Waals surface area contributed by atoms with Crippen molar-refractivity contribution >= 4 is 16.5 Å². The molecule has 3 nitrogen and oxygen atoms in total. The molecule has 0 fully saturated rings. The van der Waals surface area contributed by atoms with Crippen LogP contribution in [0.1, 0.15) is 63.6 Å². The van der Waals surface area contributed by atoms with E-state index in [2.05, 4.69) is 45.0 Å². The first-order valence-electron chi connectivity index (χ1n) is 7.92. The van der Waals surface area contributed by atoms with E-state index in [1.54, 1.807) is 0 Å². The molecule has 0 spiro atoms. The van der Waals surface area contributed by atoms with E-state index in [9.17, 15) is 0 Å². The highest BCUT2D eigenvalue weighted by Gasteiger charge is 2.34. The quantitative estimate of drug-likeness (QED) is 0.859. The van der Waals surface area contributed by atoms with Crippen LogP contribution >= 0.6 is 11.3 Å². The fraction of sp³-hybridized carbons (Fsp3) is 0.812. The molecule has 1 aliphatic carbocycles. The molecule has 1 unspecified atom stereocenters. The number of anilines is 1. The normalized spacial score (nSPS) is 20.8. The molecule has 1 heterocycles. The van der Waals surface area contributed by atoms with Crippen molar-refractivity contribution in [2.75, 3.05) is 25.0 Å². The third-order valence-corrected chi connectivity index (χ3v) is 5.49. The summed E-state index contributed by atoms with van der Waals surface area (Å²) >= 11 is 1.90. The molecule has 1 N–H and O–H groups in total. The number of rotatable bonds is 6. The number of aromatic nitrogens is 1. The fourth-order valence-corrected chi connectivity index (χ4v) is 4.31. The lowest BCUT2D eigenvalue weighted by Gasteiger charge is -2.34. The fourth-order valence-electron chi connectivity index (χ4n) is 3.03. The maximum absolute atomic E-state index is 4.97. The Morgan fingerprint density at radius 2 is 2.15 bits per heavy atom. The van der Waals surface area contributed by atoms with Crippen molar-refractivity contribution in [3.63, 3.8) is 0 Å². The van der Waals surface area contributed by atoms with Crippen LogP contribution in [0.25, 0.3) is 0 Å². The minimum Gasteiger partial charge on any atom is -0.348 e. The van der Waals surface area contributed by atoms with Gasteiger partial charge in [-0.3, -0.25) is 0 Å². The van der Waals surface area contributed by atoms with Gasteiger partial charge in [-0.25, -0.2) is 4.98 Å². The molecule has 0 saturated heterocycles. The first-order valence-corrected chi connectivity index (χ1v) is 8.74. The smallest absolute Gasteiger partial charge is 0.185 e. The zero-order valence-corrected chi connectivity index (χ0v) is 14.4. The largest absolute Gasteiger partial charge is 0.348 e.